The van der Waals surface area contributed by atoms with Crippen LogP contribution in [0.15, 0.2) is 36.9 Å². The number of nitrogens with zero attached hydrogens (tertiary/aromatic N) is 1. The van der Waals surface area contributed by atoms with Crippen molar-refractivity contribution in [2.45, 2.75) is 36.0 Å². The van der Waals surface area contributed by atoms with Gasteiger partial charge in [0.1, 0.15) is 5.60 Å². The summed E-state index contributed by atoms with van der Waals surface area (Å²) in [6.45, 7) is 5.37. The van der Waals surface area contributed by atoms with Crippen molar-refractivity contribution in [2.75, 3.05) is 13.1 Å². The van der Waals surface area contributed by atoms with Gasteiger partial charge in [-0.2, -0.15) is 0 Å². The van der Waals surface area contributed by atoms with Gasteiger partial charge >= 0.3 is 0 Å². The molecule has 2 bridgehead atoms. The predicted molar refractivity (Wildman–Crippen MR) is 100 cm³/mol. The Hall–Kier alpha value is -1.38. The highest BCUT2D eigenvalue weighted by atomic mass is 127. The third-order valence-corrected chi connectivity index (χ3v) is 6.89. The van der Waals surface area contributed by atoms with E-state index in [4.69, 9.17) is 7.80 Å². The zero-order valence-electron chi connectivity index (χ0n) is 13.6. The number of halogens is 1. The van der Waals surface area contributed by atoms with Crippen molar-refractivity contribution in [3.05, 3.63) is 48.1 Å². The fourth-order valence-electron chi connectivity index (χ4n) is 5.44. The van der Waals surface area contributed by atoms with Gasteiger partial charge in [-0.05, 0) is 36.6 Å². The molecule has 25 heavy (non-hydrogen) atoms. The topological polar surface area (TPSA) is 59.0 Å². The lowest BCUT2D eigenvalue weighted by Crippen LogP contribution is -2.75. The zero-order valence-corrected chi connectivity index (χ0v) is 15.7. The Morgan fingerprint density at radius 2 is 2.36 bits per heavy atom. The molecule has 4 atom stereocenters. The van der Waals surface area contributed by atoms with Crippen LogP contribution < -0.4 is 7.80 Å². The van der Waals surface area contributed by atoms with E-state index in [0.29, 0.717) is 30.9 Å². The van der Waals surface area contributed by atoms with Gasteiger partial charge in [0.2, 0.25) is 0 Å². The third-order valence-electron chi connectivity index (χ3n) is 6.41. The molecular formula is C19H18INO4. The Morgan fingerprint density at radius 3 is 3.12 bits per heavy atom. The van der Waals surface area contributed by atoms with E-state index in [1.165, 1.54) is 6.08 Å². The van der Waals surface area contributed by atoms with E-state index in [2.05, 4.69) is 11.5 Å². The van der Waals surface area contributed by atoms with Gasteiger partial charge < -0.3 is 12.9 Å². The molecule has 0 saturated carbocycles. The smallest absolute Gasteiger partial charge is 0.196 e. The number of aliphatic hydroxyl groups is 1. The monoisotopic (exact) mass is 451 g/mol. The van der Waals surface area contributed by atoms with Crippen LogP contribution in [0.25, 0.3) is 0 Å². The van der Waals surface area contributed by atoms with E-state index in [9.17, 15) is 9.90 Å². The molecule has 0 unspecified atom stereocenters. The van der Waals surface area contributed by atoms with Gasteiger partial charge in [0.15, 0.2) is 46.4 Å². The van der Waals surface area contributed by atoms with Gasteiger partial charge in [-0.1, -0.05) is 12.1 Å². The Bertz CT molecular complexity index is 837. The Kier molecular flexibility index (Phi) is 3.22. The second-order valence-electron chi connectivity index (χ2n) is 7.29. The molecular weight excluding hydrogens is 433 g/mol. The maximum absolute atomic E-state index is 12.7. The molecule has 130 valence electrons. The largest absolute Gasteiger partial charge is 0.477 e. The molecule has 1 aromatic rings. The molecule has 4 aliphatic rings. The molecule has 1 spiro atoms. The molecule has 1 fully saturated rings. The van der Waals surface area contributed by atoms with Crippen molar-refractivity contribution in [1.29, 1.82) is 0 Å². The molecule has 2 aliphatic heterocycles. The highest BCUT2D eigenvalue weighted by Gasteiger charge is 2.71. The Balaban J connectivity index is 1.81. The number of piperidine rings is 1. The number of benzene rings is 1. The highest BCUT2D eigenvalue weighted by Crippen LogP contribution is 2.63. The summed E-state index contributed by atoms with van der Waals surface area (Å²) >= 11 is 1.83. The first-order chi connectivity index (χ1) is 12.1. The van der Waals surface area contributed by atoms with Gasteiger partial charge in [-0.15, -0.1) is 6.58 Å². The number of carbonyl (C=O) groups is 1. The van der Waals surface area contributed by atoms with Gasteiger partial charge in [0, 0.05) is 24.7 Å². The second kappa shape index (κ2) is 5.08. The minimum absolute atomic E-state index is 0.0796. The van der Waals surface area contributed by atoms with Crippen LogP contribution in [0, 0.1) is 0 Å². The van der Waals surface area contributed by atoms with E-state index in [0.717, 1.165) is 17.7 Å². The molecule has 0 radical (unpaired) electrons. The molecule has 1 aromatic carbocycles. The predicted octanol–water partition coefficient (Wildman–Crippen LogP) is 2.10. The van der Waals surface area contributed by atoms with E-state index < -0.39 is 17.1 Å². The highest BCUT2D eigenvalue weighted by molar-refractivity contribution is 14.1. The van der Waals surface area contributed by atoms with Crippen LogP contribution in [0.4, 0.5) is 0 Å². The van der Waals surface area contributed by atoms with Gasteiger partial charge in [0.05, 0.1) is 5.41 Å². The summed E-state index contributed by atoms with van der Waals surface area (Å²) < 4.78 is 11.6. The summed E-state index contributed by atoms with van der Waals surface area (Å²) in [4.78, 5) is 14.9. The van der Waals surface area contributed by atoms with Crippen molar-refractivity contribution in [3.63, 3.8) is 0 Å². The number of likely N-dealkylation sites (tertiary alicyclic amines) is 1. The van der Waals surface area contributed by atoms with Crippen LogP contribution in [0.1, 0.15) is 17.5 Å². The second-order valence-corrected chi connectivity index (χ2v) is 7.73. The summed E-state index contributed by atoms with van der Waals surface area (Å²) in [5.41, 5.74) is 0.257. The van der Waals surface area contributed by atoms with Crippen molar-refractivity contribution < 1.29 is 17.7 Å². The van der Waals surface area contributed by atoms with Crippen LogP contribution in [0.2, 0.25) is 0 Å². The molecule has 1 saturated heterocycles. The van der Waals surface area contributed by atoms with E-state index >= 15 is 0 Å². The van der Waals surface area contributed by atoms with Crippen LogP contribution in [0.5, 0.6) is 11.5 Å². The van der Waals surface area contributed by atoms with E-state index in [1.54, 1.807) is 6.08 Å². The summed E-state index contributed by atoms with van der Waals surface area (Å²) in [5.74, 6) is 1.16. The SMILES string of the molecule is C=CCN1CC[C@]23c4c5ccc(OI)c4O[C@H]2C(=O)C=C[C@@]3(O)[C@H]1C5. The van der Waals surface area contributed by atoms with Crippen LogP contribution in [0.3, 0.4) is 0 Å². The summed E-state index contributed by atoms with van der Waals surface area (Å²) in [5, 5.41) is 11.9. The molecule has 0 amide bonds. The molecule has 2 aliphatic carbocycles. The quantitative estimate of drug-likeness (QED) is 0.564. The summed E-state index contributed by atoms with van der Waals surface area (Å²) in [7, 11) is 0. The first kappa shape index (κ1) is 15.8. The molecule has 5 nitrogen and oxygen atoms in total. The Labute approximate surface area is 160 Å². The lowest BCUT2D eigenvalue weighted by Gasteiger charge is -2.60. The van der Waals surface area contributed by atoms with Crippen LogP contribution in [-0.4, -0.2) is 46.6 Å². The summed E-state index contributed by atoms with van der Waals surface area (Å²) in [6, 6.07) is 3.84. The minimum Gasteiger partial charge on any atom is -0.477 e. The fraction of sp³-hybridized carbons (Fsp3) is 0.421. The number of hydrogen-bond acceptors (Lipinski definition) is 5. The maximum Gasteiger partial charge on any atom is 0.196 e. The number of hydrogen-bond donors (Lipinski definition) is 1. The van der Waals surface area contributed by atoms with Crippen LogP contribution >= 0.6 is 23.0 Å². The molecule has 1 N–H and O–H groups in total. The molecule has 0 aromatic heterocycles. The van der Waals surface area contributed by atoms with Crippen molar-refractivity contribution in [2.24, 2.45) is 0 Å². The number of ketones is 1. The fourth-order valence-corrected chi connectivity index (χ4v) is 5.79. The average molecular weight is 451 g/mol. The molecule has 6 heteroatoms. The van der Waals surface area contributed by atoms with Crippen molar-refractivity contribution in [3.8, 4) is 11.5 Å². The van der Waals surface area contributed by atoms with Gasteiger partial charge in [-0.25, -0.2) is 0 Å². The lowest BCUT2D eigenvalue weighted by molar-refractivity contribution is -0.153. The van der Waals surface area contributed by atoms with E-state index in [-0.39, 0.29) is 11.8 Å². The standard InChI is InChI=1S/C19H18INO4/c1-2-8-21-9-7-18-15-11-3-4-13(25-20)16(15)24-17(18)12(22)5-6-19(18,23)14(21)10-11/h2-6,14,17,23H,1,7-10H2/t14-,17+,18+,19-/m1/s1. The first-order valence-corrected chi connectivity index (χ1v) is 9.37. The number of ether oxygens (including phenoxy) is 1. The van der Waals surface area contributed by atoms with Crippen molar-refractivity contribution >= 4 is 28.8 Å². The van der Waals surface area contributed by atoms with Crippen LogP contribution in [-0.2, 0) is 16.6 Å². The maximum atomic E-state index is 12.7. The molecule has 2 heterocycles. The number of carbonyl (C=O) groups excluding carboxylic acids is 1. The average Bonchev–Trinajstić information content (AvgIpc) is 2.96. The van der Waals surface area contributed by atoms with Crippen molar-refractivity contribution in [1.82, 2.24) is 4.90 Å². The lowest BCUT2D eigenvalue weighted by atomic mass is 9.51. The third kappa shape index (κ3) is 1.68. The Morgan fingerprint density at radius 1 is 1.52 bits per heavy atom. The first-order valence-electron chi connectivity index (χ1n) is 8.49. The zero-order chi connectivity index (χ0) is 17.4. The normalized spacial score (nSPS) is 37.4. The molecule has 5 rings (SSSR count). The van der Waals surface area contributed by atoms with Gasteiger partial charge in [0.25, 0.3) is 0 Å². The van der Waals surface area contributed by atoms with Gasteiger partial charge in [-0.3, -0.25) is 9.69 Å². The van der Waals surface area contributed by atoms with E-state index in [1.807, 2.05) is 41.2 Å². The number of rotatable bonds is 3. The summed E-state index contributed by atoms with van der Waals surface area (Å²) in [6.07, 6.45) is 5.77. The minimum atomic E-state index is -1.13.